The number of para-hydroxylation sites is 1. The molecule has 26 heavy (non-hydrogen) atoms. The van der Waals surface area contributed by atoms with Crippen LogP contribution in [0.1, 0.15) is 16.2 Å². The first kappa shape index (κ1) is 15.6. The second-order valence-corrected chi connectivity index (χ2v) is 5.46. The third kappa shape index (κ3) is 3.05. The third-order valence-corrected chi connectivity index (χ3v) is 3.64. The van der Waals surface area contributed by atoms with Crippen LogP contribution in [0.15, 0.2) is 61.3 Å². The molecule has 3 aromatic heterocycles. The van der Waals surface area contributed by atoms with E-state index in [1.54, 1.807) is 31.6 Å². The number of amides is 1. The van der Waals surface area contributed by atoms with Crippen LogP contribution in [0.25, 0.3) is 11.5 Å². The molecule has 0 fully saturated rings. The second-order valence-electron chi connectivity index (χ2n) is 5.46. The first-order chi connectivity index (χ1) is 12.7. The smallest absolute Gasteiger partial charge is 0.278 e. The predicted octanol–water partition coefficient (Wildman–Crippen LogP) is 1.80. The minimum absolute atomic E-state index is 0.259. The Labute approximate surface area is 148 Å². The van der Waals surface area contributed by atoms with Gasteiger partial charge >= 0.3 is 0 Å². The summed E-state index contributed by atoms with van der Waals surface area (Å²) in [5.74, 6) is 0.256. The number of anilines is 1. The normalized spacial score (nSPS) is 10.7. The van der Waals surface area contributed by atoms with Crippen molar-refractivity contribution in [2.24, 2.45) is 0 Å². The Morgan fingerprint density at radius 2 is 1.92 bits per heavy atom. The second kappa shape index (κ2) is 6.55. The topological polar surface area (TPSA) is 103 Å². The molecule has 1 aromatic carbocycles. The van der Waals surface area contributed by atoms with Crippen molar-refractivity contribution < 1.29 is 4.79 Å². The fourth-order valence-electron chi connectivity index (χ4n) is 2.38. The van der Waals surface area contributed by atoms with E-state index in [0.717, 1.165) is 5.69 Å². The molecule has 4 aromatic rings. The number of nitrogens with one attached hydrogen (secondary N) is 1. The van der Waals surface area contributed by atoms with E-state index in [2.05, 4.69) is 30.6 Å². The molecule has 9 heteroatoms. The summed E-state index contributed by atoms with van der Waals surface area (Å²) < 4.78 is 1.53. The molecule has 9 nitrogen and oxygen atoms in total. The largest absolute Gasteiger partial charge is 0.319 e. The monoisotopic (exact) mass is 346 g/mol. The highest BCUT2D eigenvalue weighted by molar-refractivity contribution is 6.03. The van der Waals surface area contributed by atoms with Gasteiger partial charge in [-0.15, -0.1) is 5.10 Å². The fourth-order valence-corrected chi connectivity index (χ4v) is 2.38. The number of hydrogen-bond donors (Lipinski definition) is 1. The number of aromatic nitrogens is 7. The molecule has 0 aliphatic rings. The van der Waals surface area contributed by atoms with Gasteiger partial charge in [0, 0.05) is 0 Å². The maximum Gasteiger partial charge on any atom is 0.278 e. The molecule has 0 aliphatic heterocycles. The number of nitrogens with zero attached hydrogens (tertiary/aromatic N) is 7. The zero-order chi connectivity index (χ0) is 17.9. The van der Waals surface area contributed by atoms with Crippen LogP contribution in [0.3, 0.4) is 0 Å². The van der Waals surface area contributed by atoms with E-state index in [0.29, 0.717) is 17.2 Å². The molecule has 0 saturated heterocycles. The zero-order valence-corrected chi connectivity index (χ0v) is 13.8. The summed E-state index contributed by atoms with van der Waals surface area (Å²) in [7, 11) is 0. The summed E-state index contributed by atoms with van der Waals surface area (Å²) in [6, 6.07) is 12.9. The van der Waals surface area contributed by atoms with E-state index in [9.17, 15) is 4.79 Å². The van der Waals surface area contributed by atoms with Crippen LogP contribution < -0.4 is 5.32 Å². The first-order valence-electron chi connectivity index (χ1n) is 7.82. The summed E-state index contributed by atoms with van der Waals surface area (Å²) in [5, 5.41) is 15.4. The van der Waals surface area contributed by atoms with Crippen LogP contribution >= 0.6 is 0 Å². The molecule has 0 saturated carbocycles. The molecule has 3 heterocycles. The molecular weight excluding hydrogens is 332 g/mol. The first-order valence-corrected chi connectivity index (χ1v) is 7.82. The zero-order valence-electron chi connectivity index (χ0n) is 13.8. The van der Waals surface area contributed by atoms with E-state index < -0.39 is 0 Å². The van der Waals surface area contributed by atoms with E-state index in [1.165, 1.54) is 15.8 Å². The highest BCUT2D eigenvalue weighted by Gasteiger charge is 2.16. The number of pyridine rings is 1. The lowest BCUT2D eigenvalue weighted by molar-refractivity contribution is 0.102. The number of hydrogen-bond acceptors (Lipinski definition) is 6. The molecule has 0 spiro atoms. The van der Waals surface area contributed by atoms with Gasteiger partial charge < -0.3 is 5.32 Å². The summed E-state index contributed by atoms with van der Waals surface area (Å²) >= 11 is 0. The number of rotatable bonds is 4. The Kier molecular flexibility index (Phi) is 3.94. The lowest BCUT2D eigenvalue weighted by Gasteiger charge is -2.04. The van der Waals surface area contributed by atoms with Gasteiger partial charge in [0.15, 0.2) is 11.5 Å². The van der Waals surface area contributed by atoms with Crippen LogP contribution in [0, 0.1) is 6.92 Å². The molecule has 0 aliphatic carbocycles. The molecule has 1 amide bonds. The van der Waals surface area contributed by atoms with Crippen molar-refractivity contribution in [1.82, 2.24) is 34.7 Å². The molecular formula is C17H14N8O. The van der Waals surface area contributed by atoms with E-state index in [1.807, 2.05) is 30.3 Å². The summed E-state index contributed by atoms with van der Waals surface area (Å²) in [6.07, 6.45) is 4.52. The van der Waals surface area contributed by atoms with Crippen LogP contribution in [0.4, 0.5) is 5.69 Å². The van der Waals surface area contributed by atoms with E-state index in [-0.39, 0.29) is 11.6 Å². The van der Waals surface area contributed by atoms with Crippen LogP contribution in [-0.4, -0.2) is 40.6 Å². The van der Waals surface area contributed by atoms with Crippen molar-refractivity contribution in [1.29, 1.82) is 0 Å². The van der Waals surface area contributed by atoms with Gasteiger partial charge in [0.1, 0.15) is 12.7 Å². The van der Waals surface area contributed by atoms with Crippen molar-refractivity contribution in [2.45, 2.75) is 6.92 Å². The van der Waals surface area contributed by atoms with Crippen LogP contribution in [-0.2, 0) is 0 Å². The lowest BCUT2D eigenvalue weighted by atomic mass is 10.3. The summed E-state index contributed by atoms with van der Waals surface area (Å²) in [4.78, 5) is 22.1. The molecule has 4 rings (SSSR count). The molecule has 0 unspecified atom stereocenters. The van der Waals surface area contributed by atoms with Gasteiger partial charge in [-0.3, -0.25) is 4.79 Å². The van der Waals surface area contributed by atoms with Gasteiger partial charge in [-0.05, 0) is 31.2 Å². The van der Waals surface area contributed by atoms with Crippen molar-refractivity contribution in [3.05, 3.63) is 72.7 Å². The van der Waals surface area contributed by atoms with Gasteiger partial charge in [0.05, 0.1) is 23.3 Å². The number of aryl methyl sites for hydroxylation is 1. The quantitative estimate of drug-likeness (QED) is 0.604. The maximum atomic E-state index is 12.5. The van der Waals surface area contributed by atoms with Crippen molar-refractivity contribution >= 4 is 11.6 Å². The van der Waals surface area contributed by atoms with Gasteiger partial charge in [0.2, 0.25) is 0 Å². The van der Waals surface area contributed by atoms with Gasteiger partial charge in [0.25, 0.3) is 5.91 Å². The lowest BCUT2D eigenvalue weighted by Crippen LogP contribution is -2.14. The Morgan fingerprint density at radius 3 is 2.62 bits per heavy atom. The molecule has 128 valence electrons. The maximum absolute atomic E-state index is 12.5. The highest BCUT2D eigenvalue weighted by Crippen LogP contribution is 2.12. The summed E-state index contributed by atoms with van der Waals surface area (Å²) in [5.41, 5.74) is 2.13. The van der Waals surface area contributed by atoms with Crippen LogP contribution in [0.5, 0.6) is 0 Å². The SMILES string of the molecule is Cc1nn(-c2ccccc2)nc1C(=O)Nc1ccc(-n2cncn2)nc1. The third-order valence-electron chi connectivity index (χ3n) is 3.64. The van der Waals surface area contributed by atoms with Gasteiger partial charge in [-0.25, -0.2) is 14.6 Å². The van der Waals surface area contributed by atoms with E-state index in [4.69, 9.17) is 0 Å². The molecule has 0 atom stereocenters. The minimum Gasteiger partial charge on any atom is -0.319 e. The Hall–Kier alpha value is -3.88. The molecule has 0 radical (unpaired) electrons. The van der Waals surface area contributed by atoms with Gasteiger partial charge in [-0.2, -0.15) is 15.0 Å². The average molecular weight is 346 g/mol. The standard InChI is InChI=1S/C17H14N8O/c1-12-16(23-25(22-12)14-5-3-2-4-6-14)17(26)21-13-7-8-15(19-9-13)24-11-18-10-20-24/h2-11H,1H3,(H,21,26). The number of carbonyl (C=O) groups is 1. The van der Waals surface area contributed by atoms with Crippen molar-refractivity contribution in [3.63, 3.8) is 0 Å². The minimum atomic E-state index is -0.347. The van der Waals surface area contributed by atoms with Crippen molar-refractivity contribution in [3.8, 4) is 11.5 Å². The predicted molar refractivity (Wildman–Crippen MR) is 93.2 cm³/mol. The molecule has 1 N–H and O–H groups in total. The summed E-state index contributed by atoms with van der Waals surface area (Å²) in [6.45, 7) is 1.74. The Balaban J connectivity index is 1.52. The number of benzene rings is 1. The number of carbonyl (C=O) groups excluding carboxylic acids is 1. The van der Waals surface area contributed by atoms with E-state index >= 15 is 0 Å². The Morgan fingerprint density at radius 1 is 1.08 bits per heavy atom. The fraction of sp³-hybridized carbons (Fsp3) is 0.0588. The average Bonchev–Trinajstić information content (AvgIpc) is 3.33. The van der Waals surface area contributed by atoms with Crippen LogP contribution in [0.2, 0.25) is 0 Å². The van der Waals surface area contributed by atoms with Gasteiger partial charge in [-0.1, -0.05) is 18.2 Å². The van der Waals surface area contributed by atoms with Crippen molar-refractivity contribution in [2.75, 3.05) is 5.32 Å². The Bertz CT molecular complexity index is 1020. The highest BCUT2D eigenvalue weighted by atomic mass is 16.2. The molecule has 0 bridgehead atoms.